The normalized spacial score (nSPS) is 10.7. The molecule has 2 heterocycles. The fraction of sp³-hybridized carbons (Fsp3) is 0.0769. The Bertz CT molecular complexity index is 736. The van der Waals surface area contributed by atoms with Crippen molar-refractivity contribution in [2.75, 3.05) is 0 Å². The average molecular weight is 255 g/mol. The van der Waals surface area contributed by atoms with Crippen molar-refractivity contribution in [1.82, 2.24) is 15.0 Å². The molecule has 0 radical (unpaired) electrons. The van der Waals surface area contributed by atoms with E-state index in [1.807, 2.05) is 18.2 Å². The molecule has 0 spiro atoms. The van der Waals surface area contributed by atoms with Gasteiger partial charge in [0.25, 0.3) is 0 Å². The van der Waals surface area contributed by atoms with Crippen molar-refractivity contribution in [3.63, 3.8) is 0 Å². The minimum absolute atomic E-state index is 0.0157. The van der Waals surface area contributed by atoms with Gasteiger partial charge in [0.2, 0.25) is 0 Å². The first-order valence-corrected chi connectivity index (χ1v) is 6.29. The van der Waals surface area contributed by atoms with Crippen molar-refractivity contribution in [1.29, 1.82) is 0 Å². The summed E-state index contributed by atoms with van der Waals surface area (Å²) in [6, 6.07) is 5.79. The molecule has 0 N–H and O–H groups in total. The fourth-order valence-electron chi connectivity index (χ4n) is 1.66. The van der Waals surface area contributed by atoms with Crippen molar-refractivity contribution in [3.05, 3.63) is 41.7 Å². The summed E-state index contributed by atoms with van der Waals surface area (Å²) < 4.78 is 0. The number of ketones is 1. The van der Waals surface area contributed by atoms with Gasteiger partial charge in [-0.3, -0.25) is 14.8 Å². The molecule has 0 fully saturated rings. The van der Waals surface area contributed by atoms with Gasteiger partial charge in [-0.2, -0.15) is 0 Å². The zero-order chi connectivity index (χ0) is 12.5. The van der Waals surface area contributed by atoms with Crippen molar-refractivity contribution in [2.45, 2.75) is 6.92 Å². The molecule has 2 aromatic heterocycles. The van der Waals surface area contributed by atoms with Gasteiger partial charge in [-0.25, -0.2) is 4.98 Å². The SMILES string of the molecule is CC(=O)c1csc(-c2ccc3nccnc3c2)n1. The number of carbonyl (C=O) groups excluding carboxylic acids is 1. The van der Waals surface area contributed by atoms with Crippen LogP contribution in [0.25, 0.3) is 21.6 Å². The number of hydrogen-bond acceptors (Lipinski definition) is 5. The van der Waals surface area contributed by atoms with Crippen LogP contribution in [0, 0.1) is 0 Å². The Morgan fingerprint density at radius 1 is 1.17 bits per heavy atom. The summed E-state index contributed by atoms with van der Waals surface area (Å²) >= 11 is 1.46. The summed E-state index contributed by atoms with van der Waals surface area (Å²) in [6.45, 7) is 1.52. The molecule has 18 heavy (non-hydrogen) atoms. The van der Waals surface area contributed by atoms with E-state index in [4.69, 9.17) is 0 Å². The zero-order valence-electron chi connectivity index (χ0n) is 9.62. The Morgan fingerprint density at radius 3 is 2.67 bits per heavy atom. The molecule has 0 unspecified atom stereocenters. The van der Waals surface area contributed by atoms with E-state index in [0.717, 1.165) is 21.6 Å². The Kier molecular flexibility index (Phi) is 2.60. The average Bonchev–Trinajstić information content (AvgIpc) is 2.88. The summed E-state index contributed by atoms with van der Waals surface area (Å²) in [5.41, 5.74) is 3.15. The van der Waals surface area contributed by atoms with E-state index in [-0.39, 0.29) is 5.78 Å². The maximum atomic E-state index is 11.2. The van der Waals surface area contributed by atoms with E-state index in [0.29, 0.717) is 5.69 Å². The Balaban J connectivity index is 2.10. The molecule has 0 aliphatic carbocycles. The van der Waals surface area contributed by atoms with Crippen LogP contribution in [0.1, 0.15) is 17.4 Å². The van der Waals surface area contributed by atoms with Gasteiger partial charge >= 0.3 is 0 Å². The van der Waals surface area contributed by atoms with Crippen molar-refractivity contribution < 1.29 is 4.79 Å². The minimum atomic E-state index is -0.0157. The summed E-state index contributed by atoms with van der Waals surface area (Å²) in [5.74, 6) is -0.0157. The van der Waals surface area contributed by atoms with Gasteiger partial charge in [0.05, 0.1) is 11.0 Å². The molecular weight excluding hydrogens is 246 g/mol. The summed E-state index contributed by atoms with van der Waals surface area (Å²) in [6.07, 6.45) is 3.33. The van der Waals surface area contributed by atoms with E-state index < -0.39 is 0 Å². The van der Waals surface area contributed by atoms with Crippen LogP contribution >= 0.6 is 11.3 Å². The maximum Gasteiger partial charge on any atom is 0.178 e. The third kappa shape index (κ3) is 1.89. The van der Waals surface area contributed by atoms with Crippen molar-refractivity contribution in [3.8, 4) is 10.6 Å². The van der Waals surface area contributed by atoms with E-state index >= 15 is 0 Å². The highest BCUT2D eigenvalue weighted by atomic mass is 32.1. The van der Waals surface area contributed by atoms with Crippen LogP contribution in [-0.2, 0) is 0 Å². The van der Waals surface area contributed by atoms with Crippen molar-refractivity contribution in [2.24, 2.45) is 0 Å². The number of nitrogens with zero attached hydrogens (tertiary/aromatic N) is 3. The molecule has 4 nitrogen and oxygen atoms in total. The smallest absolute Gasteiger partial charge is 0.178 e. The molecule has 0 aliphatic heterocycles. The van der Waals surface area contributed by atoms with Crippen LogP contribution in [-0.4, -0.2) is 20.7 Å². The lowest BCUT2D eigenvalue weighted by molar-refractivity contribution is 0.101. The third-order valence-electron chi connectivity index (χ3n) is 2.58. The molecule has 88 valence electrons. The lowest BCUT2D eigenvalue weighted by atomic mass is 10.2. The molecule has 0 saturated carbocycles. The number of benzene rings is 1. The third-order valence-corrected chi connectivity index (χ3v) is 3.47. The molecular formula is C13H9N3OS. The number of Topliss-reactive ketones (excluding diaryl/α,β-unsaturated/α-hetero) is 1. The molecule has 0 bridgehead atoms. The largest absolute Gasteiger partial charge is 0.293 e. The van der Waals surface area contributed by atoms with Crippen LogP contribution < -0.4 is 0 Å². The molecule has 0 amide bonds. The second-order valence-corrected chi connectivity index (χ2v) is 4.71. The second-order valence-electron chi connectivity index (χ2n) is 3.85. The highest BCUT2D eigenvalue weighted by molar-refractivity contribution is 7.13. The summed E-state index contributed by atoms with van der Waals surface area (Å²) in [5, 5.41) is 2.60. The lowest BCUT2D eigenvalue weighted by Gasteiger charge is -1.98. The van der Waals surface area contributed by atoms with Gasteiger partial charge in [0, 0.05) is 30.3 Å². The second kappa shape index (κ2) is 4.27. The van der Waals surface area contributed by atoms with Crippen LogP contribution in [0.3, 0.4) is 0 Å². The lowest BCUT2D eigenvalue weighted by Crippen LogP contribution is -1.91. The number of fused-ring (bicyclic) bond motifs is 1. The van der Waals surface area contributed by atoms with Gasteiger partial charge in [-0.15, -0.1) is 11.3 Å². The van der Waals surface area contributed by atoms with Crippen LogP contribution in [0.4, 0.5) is 0 Å². The van der Waals surface area contributed by atoms with Crippen LogP contribution in [0.2, 0.25) is 0 Å². The predicted octanol–water partition coefficient (Wildman–Crippen LogP) is 2.96. The monoisotopic (exact) mass is 255 g/mol. The van der Waals surface area contributed by atoms with E-state index in [2.05, 4.69) is 15.0 Å². The van der Waals surface area contributed by atoms with Crippen LogP contribution in [0.15, 0.2) is 36.0 Å². The summed E-state index contributed by atoms with van der Waals surface area (Å²) in [7, 11) is 0. The zero-order valence-corrected chi connectivity index (χ0v) is 10.4. The topological polar surface area (TPSA) is 55.7 Å². The molecule has 0 atom stereocenters. The van der Waals surface area contributed by atoms with Gasteiger partial charge in [-0.1, -0.05) is 0 Å². The van der Waals surface area contributed by atoms with Gasteiger partial charge in [0.1, 0.15) is 10.7 Å². The van der Waals surface area contributed by atoms with E-state index in [1.165, 1.54) is 18.3 Å². The summed E-state index contributed by atoms with van der Waals surface area (Å²) in [4.78, 5) is 24.0. The standard InChI is InChI=1S/C13H9N3OS/c1-8(17)12-7-18-13(16-12)9-2-3-10-11(6-9)15-5-4-14-10/h2-7H,1H3. The predicted molar refractivity (Wildman–Crippen MR) is 70.7 cm³/mol. The number of aromatic nitrogens is 3. The first-order valence-electron chi connectivity index (χ1n) is 5.41. The molecule has 0 saturated heterocycles. The van der Waals surface area contributed by atoms with E-state index in [1.54, 1.807) is 17.8 Å². The highest BCUT2D eigenvalue weighted by Crippen LogP contribution is 2.25. The van der Waals surface area contributed by atoms with E-state index in [9.17, 15) is 4.79 Å². The van der Waals surface area contributed by atoms with Gasteiger partial charge < -0.3 is 0 Å². The minimum Gasteiger partial charge on any atom is -0.293 e. The van der Waals surface area contributed by atoms with Crippen LogP contribution in [0.5, 0.6) is 0 Å². The van der Waals surface area contributed by atoms with Crippen molar-refractivity contribution >= 4 is 28.2 Å². The molecule has 3 aromatic rings. The highest BCUT2D eigenvalue weighted by Gasteiger charge is 2.08. The van der Waals surface area contributed by atoms with Gasteiger partial charge in [-0.05, 0) is 18.2 Å². The Hall–Kier alpha value is -2.14. The quantitative estimate of drug-likeness (QED) is 0.661. The first kappa shape index (κ1) is 11.0. The Morgan fingerprint density at radius 2 is 1.94 bits per heavy atom. The number of carbonyl (C=O) groups is 1. The molecule has 0 aliphatic rings. The first-order chi connectivity index (χ1) is 8.74. The molecule has 3 rings (SSSR count). The molecule has 1 aromatic carbocycles. The molecule has 5 heteroatoms. The maximum absolute atomic E-state index is 11.2. The number of hydrogen-bond donors (Lipinski definition) is 0. The number of thiazole rings is 1. The Labute approximate surface area is 107 Å². The fourth-order valence-corrected chi connectivity index (χ4v) is 2.52. The van der Waals surface area contributed by atoms with Gasteiger partial charge in [0.15, 0.2) is 5.78 Å². The number of rotatable bonds is 2.